The van der Waals surface area contributed by atoms with Gasteiger partial charge in [0.2, 0.25) is 0 Å². The van der Waals surface area contributed by atoms with Gasteiger partial charge in [0.15, 0.2) is 0 Å². The van der Waals surface area contributed by atoms with Crippen molar-refractivity contribution in [1.82, 2.24) is 0 Å². The zero-order valence-electron chi connectivity index (χ0n) is 16.1. The van der Waals surface area contributed by atoms with E-state index in [0.717, 1.165) is 6.07 Å². The van der Waals surface area contributed by atoms with Crippen molar-refractivity contribution in [3.05, 3.63) is 53.6 Å². The molecule has 1 heterocycles. The number of hydrogen-bond acceptors (Lipinski definition) is 11. The van der Waals surface area contributed by atoms with E-state index < -0.39 is 71.2 Å². The monoisotopic (exact) mass is 490 g/mol. The number of carbonyl (C=O) groups is 2. The summed E-state index contributed by atoms with van der Waals surface area (Å²) in [5.74, 6) is -2.19. The Morgan fingerprint density at radius 1 is 0.879 bits per heavy atom. The van der Waals surface area contributed by atoms with Gasteiger partial charge in [-0.2, -0.15) is 0 Å². The van der Waals surface area contributed by atoms with Gasteiger partial charge in [0.1, 0.15) is 20.2 Å². The molecular formula is C18H11BN2O10S2-2. The Bertz CT molecular complexity index is 1580. The van der Waals surface area contributed by atoms with Crippen molar-refractivity contribution in [1.29, 1.82) is 0 Å². The van der Waals surface area contributed by atoms with Crippen molar-refractivity contribution in [3.63, 3.8) is 0 Å². The van der Waals surface area contributed by atoms with E-state index in [9.17, 15) is 45.6 Å². The minimum atomic E-state index is -5.26. The Balaban J connectivity index is 2.13. The average molecular weight is 490 g/mol. The van der Waals surface area contributed by atoms with Crippen LogP contribution in [0.4, 0.5) is 11.4 Å². The molecule has 0 aromatic heterocycles. The first-order valence-electron chi connectivity index (χ1n) is 8.88. The van der Waals surface area contributed by atoms with Crippen LogP contribution >= 0.6 is 0 Å². The van der Waals surface area contributed by atoms with E-state index in [0.29, 0.717) is 23.1 Å². The van der Waals surface area contributed by atoms with Gasteiger partial charge >= 0.3 is 7.12 Å². The Morgan fingerprint density at radius 2 is 1.48 bits per heavy atom. The molecule has 0 aliphatic carbocycles. The molecule has 2 amide bonds. The van der Waals surface area contributed by atoms with Gasteiger partial charge in [-0.15, -0.1) is 0 Å². The largest absolute Gasteiger partial charge is 0.744 e. The van der Waals surface area contributed by atoms with E-state index >= 15 is 0 Å². The molecule has 0 spiro atoms. The molecule has 0 radical (unpaired) electrons. The number of benzene rings is 3. The molecule has 0 bridgehead atoms. The highest BCUT2D eigenvalue weighted by Gasteiger charge is 2.37. The number of anilines is 2. The first-order valence-corrected chi connectivity index (χ1v) is 11.7. The van der Waals surface area contributed by atoms with Crippen molar-refractivity contribution >= 4 is 66.8 Å². The predicted octanol–water partition coefficient (Wildman–Crippen LogP) is -1.29. The maximum Gasteiger partial charge on any atom is 0.488 e. The molecule has 15 heteroatoms. The molecule has 1 aliphatic heterocycles. The van der Waals surface area contributed by atoms with Gasteiger partial charge in [0.25, 0.3) is 11.8 Å². The van der Waals surface area contributed by atoms with E-state index in [4.69, 9.17) is 5.73 Å². The van der Waals surface area contributed by atoms with Gasteiger partial charge in [-0.05, 0) is 35.8 Å². The number of rotatable bonds is 4. The first kappa shape index (κ1) is 22.8. The van der Waals surface area contributed by atoms with Gasteiger partial charge in [-0.3, -0.25) is 9.59 Å². The zero-order chi connectivity index (χ0) is 24.5. The van der Waals surface area contributed by atoms with E-state index in [-0.39, 0.29) is 16.5 Å². The van der Waals surface area contributed by atoms with Gasteiger partial charge in [-0.25, -0.2) is 21.7 Å². The highest BCUT2D eigenvalue weighted by molar-refractivity contribution is 7.86. The number of nitrogens with two attached hydrogens (primary N) is 1. The quantitative estimate of drug-likeness (QED) is 0.169. The number of nitrogen functional groups attached to an aromatic ring is 1. The van der Waals surface area contributed by atoms with Gasteiger partial charge < -0.3 is 24.9 Å². The fraction of sp³-hybridized carbons (Fsp3) is 0. The van der Waals surface area contributed by atoms with Crippen LogP contribution in [0.15, 0.2) is 52.3 Å². The molecule has 0 unspecified atom stereocenters. The van der Waals surface area contributed by atoms with Crippen LogP contribution in [0.1, 0.15) is 20.7 Å². The van der Waals surface area contributed by atoms with Gasteiger partial charge in [-0.1, -0.05) is 12.1 Å². The number of carbonyl (C=O) groups excluding carboxylic acids is 2. The molecule has 3 aromatic rings. The van der Waals surface area contributed by atoms with Crippen LogP contribution in [-0.4, -0.2) is 54.9 Å². The number of hydrogen-bond donors (Lipinski definition) is 3. The summed E-state index contributed by atoms with van der Waals surface area (Å²) in [5, 5.41) is 18.1. The molecule has 12 nitrogen and oxygen atoms in total. The molecule has 33 heavy (non-hydrogen) atoms. The second-order valence-corrected chi connectivity index (χ2v) is 9.78. The Hall–Kier alpha value is -3.34. The van der Waals surface area contributed by atoms with E-state index in [1.165, 1.54) is 18.2 Å². The summed E-state index contributed by atoms with van der Waals surface area (Å²) in [7, 11) is -12.4. The highest BCUT2D eigenvalue weighted by atomic mass is 32.2. The Kier molecular flexibility index (Phi) is 5.08. The normalized spacial score (nSPS) is 14.1. The van der Waals surface area contributed by atoms with Crippen LogP contribution in [0.25, 0.3) is 10.8 Å². The number of amides is 2. The van der Waals surface area contributed by atoms with Crippen LogP contribution in [-0.2, 0) is 20.2 Å². The molecule has 4 N–H and O–H groups in total. The molecule has 4 rings (SSSR count). The third-order valence-electron chi connectivity index (χ3n) is 5.06. The zero-order valence-corrected chi connectivity index (χ0v) is 17.8. The highest BCUT2D eigenvalue weighted by Crippen LogP contribution is 2.39. The van der Waals surface area contributed by atoms with Crippen molar-refractivity contribution < 1.29 is 45.6 Å². The standard InChI is InChI=1S/C18H13BN2O10S2/c20-16-11-5-10(32(26,27)28)6-12-15(11)13(7-14(16)33(29,30)31)18(23)21(17(12)22)9-3-1-2-8(4-9)19(24)25/h1-7,24-25H,20H2,(H,26,27,28)(H,29,30,31)/p-2. The average Bonchev–Trinajstić information content (AvgIpc) is 2.71. The minimum absolute atomic E-state index is 0.0972. The molecule has 170 valence electrons. The first-order chi connectivity index (χ1) is 15.2. The molecular weight excluding hydrogens is 479 g/mol. The maximum atomic E-state index is 13.2. The predicted molar refractivity (Wildman–Crippen MR) is 112 cm³/mol. The lowest BCUT2D eigenvalue weighted by Crippen LogP contribution is -2.41. The molecule has 0 saturated carbocycles. The van der Waals surface area contributed by atoms with Crippen molar-refractivity contribution in [2.24, 2.45) is 0 Å². The molecule has 3 aromatic carbocycles. The summed E-state index contributed by atoms with van der Waals surface area (Å²) >= 11 is 0. The summed E-state index contributed by atoms with van der Waals surface area (Å²) in [6.07, 6.45) is 0. The topological polar surface area (TPSA) is 218 Å². The summed E-state index contributed by atoms with van der Waals surface area (Å²) in [6, 6.07) is 6.98. The van der Waals surface area contributed by atoms with Crippen molar-refractivity contribution in [2.75, 3.05) is 10.6 Å². The van der Waals surface area contributed by atoms with E-state index in [1.807, 2.05) is 0 Å². The van der Waals surface area contributed by atoms with E-state index in [1.54, 1.807) is 0 Å². The summed E-state index contributed by atoms with van der Waals surface area (Å²) in [6.45, 7) is 0. The number of nitrogens with zero attached hydrogens (tertiary/aromatic N) is 1. The summed E-state index contributed by atoms with van der Waals surface area (Å²) < 4.78 is 70.2. The fourth-order valence-corrected chi connectivity index (χ4v) is 4.78. The minimum Gasteiger partial charge on any atom is -0.744 e. The lowest BCUT2D eigenvalue weighted by atomic mass is 9.80. The molecule has 0 saturated heterocycles. The van der Waals surface area contributed by atoms with Gasteiger partial charge in [0, 0.05) is 10.8 Å². The lowest BCUT2D eigenvalue weighted by molar-refractivity contribution is 0.0893. The van der Waals surface area contributed by atoms with Crippen LogP contribution in [0.3, 0.4) is 0 Å². The van der Waals surface area contributed by atoms with Crippen molar-refractivity contribution in [3.8, 4) is 0 Å². The third kappa shape index (κ3) is 3.66. The third-order valence-corrected chi connectivity index (χ3v) is 6.75. The van der Waals surface area contributed by atoms with Crippen LogP contribution in [0.2, 0.25) is 0 Å². The van der Waals surface area contributed by atoms with Crippen LogP contribution < -0.4 is 16.1 Å². The SMILES string of the molecule is Nc1c(S(=O)(=O)[O-])cc2c3c(cc(S(=O)(=O)[O-])cc13)C(=O)N(c1cccc(B(O)O)c1)C2=O. The van der Waals surface area contributed by atoms with Crippen LogP contribution in [0.5, 0.6) is 0 Å². The smallest absolute Gasteiger partial charge is 0.488 e. The maximum absolute atomic E-state index is 13.2. The second kappa shape index (κ2) is 7.34. The summed E-state index contributed by atoms with van der Waals surface area (Å²) in [4.78, 5) is 25.0. The molecule has 0 atom stereocenters. The summed E-state index contributed by atoms with van der Waals surface area (Å²) in [5.41, 5.74) is 3.83. The Labute approximate surface area is 186 Å². The van der Waals surface area contributed by atoms with Gasteiger partial charge in [0.05, 0.1) is 32.3 Å². The lowest BCUT2D eigenvalue weighted by Gasteiger charge is -2.29. The van der Waals surface area contributed by atoms with Crippen molar-refractivity contribution in [2.45, 2.75) is 9.79 Å². The second-order valence-electron chi connectivity index (χ2n) is 7.05. The van der Waals surface area contributed by atoms with Crippen LogP contribution in [0, 0.1) is 0 Å². The van der Waals surface area contributed by atoms with E-state index in [2.05, 4.69) is 0 Å². The number of imide groups is 1. The fourth-order valence-electron chi connectivity index (χ4n) is 3.61. The molecule has 0 fully saturated rings. The Morgan fingerprint density at radius 3 is 2.03 bits per heavy atom. The molecule has 1 aliphatic rings.